The molecule has 0 aliphatic carbocycles. The number of aryl methyl sites for hydroxylation is 2. The molecule has 1 aromatic heterocycles. The lowest BCUT2D eigenvalue weighted by Gasteiger charge is -2.13. The van der Waals surface area contributed by atoms with Crippen LogP contribution >= 0.6 is 11.8 Å². The lowest BCUT2D eigenvalue weighted by molar-refractivity contribution is 0.102. The first-order chi connectivity index (χ1) is 14.0. The van der Waals surface area contributed by atoms with E-state index in [-0.39, 0.29) is 17.1 Å². The predicted octanol–water partition coefficient (Wildman–Crippen LogP) is 4.41. The molecular formula is C23H26N2O3S. The molecule has 3 rings (SSSR count). The summed E-state index contributed by atoms with van der Waals surface area (Å²) in [5.74, 6) is 0.274. The second-order valence-electron chi connectivity index (χ2n) is 6.95. The fourth-order valence-electron chi connectivity index (χ4n) is 3.26. The molecule has 0 aliphatic heterocycles. The van der Waals surface area contributed by atoms with Gasteiger partial charge in [-0.2, -0.15) is 0 Å². The Labute approximate surface area is 175 Å². The minimum Gasteiger partial charge on any atom is -0.382 e. The molecule has 0 bridgehead atoms. The highest BCUT2D eigenvalue weighted by Gasteiger charge is 2.15. The Morgan fingerprint density at radius 1 is 1.17 bits per heavy atom. The van der Waals surface area contributed by atoms with Crippen molar-refractivity contribution >= 4 is 28.4 Å². The monoisotopic (exact) mass is 410 g/mol. The second kappa shape index (κ2) is 9.85. The lowest BCUT2D eigenvalue weighted by Crippen LogP contribution is -2.24. The largest absolute Gasteiger partial charge is 0.382 e. The summed E-state index contributed by atoms with van der Waals surface area (Å²) >= 11 is 1.32. The number of nitrogens with zero attached hydrogens (tertiary/aromatic N) is 2. The third-order valence-electron chi connectivity index (χ3n) is 4.72. The minimum atomic E-state index is -0.0754. The van der Waals surface area contributed by atoms with Crippen molar-refractivity contribution in [1.82, 2.24) is 9.55 Å². The lowest BCUT2D eigenvalue weighted by atomic mass is 10.0. The van der Waals surface area contributed by atoms with Crippen molar-refractivity contribution in [3.05, 3.63) is 69.5 Å². The number of thioether (sulfide) groups is 1. The summed E-state index contributed by atoms with van der Waals surface area (Å²) in [6.07, 6.45) is 0.715. The molecular weight excluding hydrogens is 384 g/mol. The number of benzene rings is 2. The Bertz CT molecular complexity index is 1080. The first-order valence-electron chi connectivity index (χ1n) is 9.82. The van der Waals surface area contributed by atoms with E-state index in [1.54, 1.807) is 10.6 Å². The van der Waals surface area contributed by atoms with Crippen molar-refractivity contribution in [3.8, 4) is 0 Å². The van der Waals surface area contributed by atoms with Gasteiger partial charge in [-0.15, -0.1) is 0 Å². The van der Waals surface area contributed by atoms with E-state index in [2.05, 4.69) is 4.98 Å². The Hall–Kier alpha value is -2.44. The molecule has 0 spiro atoms. The first kappa shape index (κ1) is 21.3. The maximum atomic E-state index is 13.0. The summed E-state index contributed by atoms with van der Waals surface area (Å²) < 4.78 is 7.07. The highest BCUT2D eigenvalue weighted by atomic mass is 32.2. The van der Waals surface area contributed by atoms with E-state index in [1.165, 1.54) is 11.8 Å². The third kappa shape index (κ3) is 5.14. The number of carbonyl (C=O) groups excluding carboxylic acids is 1. The second-order valence-corrected chi connectivity index (χ2v) is 7.89. The van der Waals surface area contributed by atoms with Crippen molar-refractivity contribution in [3.63, 3.8) is 0 Å². The molecule has 0 N–H and O–H groups in total. The average molecular weight is 411 g/mol. The normalized spacial score (nSPS) is 11.1. The molecule has 0 saturated carbocycles. The van der Waals surface area contributed by atoms with E-state index < -0.39 is 0 Å². The van der Waals surface area contributed by atoms with Gasteiger partial charge in [0.2, 0.25) is 0 Å². The highest BCUT2D eigenvalue weighted by Crippen LogP contribution is 2.21. The van der Waals surface area contributed by atoms with Crippen LogP contribution in [-0.4, -0.2) is 34.3 Å². The minimum absolute atomic E-state index is 0.0378. The maximum Gasteiger partial charge on any atom is 0.262 e. The molecule has 0 radical (unpaired) electrons. The number of ether oxygens (including phenoxy) is 1. The van der Waals surface area contributed by atoms with Gasteiger partial charge in [-0.3, -0.25) is 14.2 Å². The van der Waals surface area contributed by atoms with Crippen LogP contribution in [0.25, 0.3) is 10.9 Å². The van der Waals surface area contributed by atoms with Crippen LogP contribution in [-0.2, 0) is 11.3 Å². The standard InChI is InChI=1S/C23H26N2O3S/c1-4-28-13-7-12-25-22(27)19-8-5-6-9-20(19)24-23(25)29-15-21(26)18-11-10-16(2)14-17(18)3/h5-6,8-11,14H,4,7,12-13,15H2,1-3H3. The molecule has 29 heavy (non-hydrogen) atoms. The fourth-order valence-corrected chi connectivity index (χ4v) is 4.17. The van der Waals surface area contributed by atoms with E-state index in [9.17, 15) is 9.59 Å². The van der Waals surface area contributed by atoms with Crippen molar-refractivity contribution < 1.29 is 9.53 Å². The quantitative estimate of drug-likeness (QED) is 0.226. The van der Waals surface area contributed by atoms with Crippen LogP contribution in [0.15, 0.2) is 52.4 Å². The number of rotatable bonds is 9. The van der Waals surface area contributed by atoms with E-state index in [4.69, 9.17) is 4.74 Å². The van der Waals surface area contributed by atoms with Gasteiger partial charge in [0.1, 0.15) is 0 Å². The van der Waals surface area contributed by atoms with Crippen molar-refractivity contribution in [1.29, 1.82) is 0 Å². The topological polar surface area (TPSA) is 61.2 Å². The van der Waals surface area contributed by atoms with Gasteiger partial charge in [0.05, 0.1) is 16.7 Å². The van der Waals surface area contributed by atoms with Crippen LogP contribution in [0.2, 0.25) is 0 Å². The van der Waals surface area contributed by atoms with Gasteiger partial charge in [-0.25, -0.2) is 4.98 Å². The summed E-state index contributed by atoms with van der Waals surface area (Å²) in [5.41, 5.74) is 3.39. The first-order valence-corrected chi connectivity index (χ1v) is 10.8. The van der Waals surface area contributed by atoms with E-state index in [1.807, 2.05) is 57.2 Å². The Kier molecular flexibility index (Phi) is 7.23. The van der Waals surface area contributed by atoms with Crippen molar-refractivity contribution in [2.75, 3.05) is 19.0 Å². The van der Waals surface area contributed by atoms with Crippen LogP contribution < -0.4 is 5.56 Å². The summed E-state index contributed by atoms with van der Waals surface area (Å²) in [7, 11) is 0. The van der Waals surface area contributed by atoms with Gasteiger partial charge in [-0.1, -0.05) is 47.7 Å². The van der Waals surface area contributed by atoms with Crippen molar-refractivity contribution in [2.45, 2.75) is 38.9 Å². The van der Waals surface area contributed by atoms with Gasteiger partial charge >= 0.3 is 0 Å². The third-order valence-corrected chi connectivity index (χ3v) is 5.69. The molecule has 0 saturated heterocycles. The van der Waals surface area contributed by atoms with Crippen LogP contribution in [0.1, 0.15) is 34.8 Å². The number of Topliss-reactive ketones (excluding diaryl/α,β-unsaturated/α-hetero) is 1. The molecule has 5 nitrogen and oxygen atoms in total. The molecule has 2 aromatic carbocycles. The SMILES string of the molecule is CCOCCCn1c(SCC(=O)c2ccc(C)cc2C)nc2ccccc2c1=O. The van der Waals surface area contributed by atoms with Gasteiger partial charge in [0, 0.05) is 25.3 Å². The zero-order chi connectivity index (χ0) is 20.8. The molecule has 0 fully saturated rings. The van der Waals surface area contributed by atoms with Gasteiger partial charge < -0.3 is 4.74 Å². The smallest absolute Gasteiger partial charge is 0.262 e. The van der Waals surface area contributed by atoms with Gasteiger partial charge in [-0.05, 0) is 44.9 Å². The number of carbonyl (C=O) groups is 1. The van der Waals surface area contributed by atoms with E-state index >= 15 is 0 Å². The number of hydrogen-bond acceptors (Lipinski definition) is 5. The highest BCUT2D eigenvalue weighted by molar-refractivity contribution is 7.99. The molecule has 0 unspecified atom stereocenters. The molecule has 0 aliphatic rings. The van der Waals surface area contributed by atoms with E-state index in [0.717, 1.165) is 11.1 Å². The van der Waals surface area contributed by atoms with Crippen molar-refractivity contribution in [2.24, 2.45) is 0 Å². The van der Waals surface area contributed by atoms with Crippen LogP contribution in [0.3, 0.4) is 0 Å². The number of aromatic nitrogens is 2. The Morgan fingerprint density at radius 2 is 1.97 bits per heavy atom. The Morgan fingerprint density at radius 3 is 2.72 bits per heavy atom. The Balaban J connectivity index is 1.86. The maximum absolute atomic E-state index is 13.0. The molecule has 0 amide bonds. The summed E-state index contributed by atoms with van der Waals surface area (Å²) in [6, 6.07) is 13.2. The molecule has 0 atom stereocenters. The molecule has 6 heteroatoms. The molecule has 3 aromatic rings. The predicted molar refractivity (Wildman–Crippen MR) is 118 cm³/mol. The van der Waals surface area contributed by atoms with E-state index in [0.29, 0.717) is 47.8 Å². The zero-order valence-corrected chi connectivity index (χ0v) is 17.9. The molecule has 1 heterocycles. The number of hydrogen-bond donors (Lipinski definition) is 0. The summed E-state index contributed by atoms with van der Waals surface area (Å²) in [6.45, 7) is 7.65. The summed E-state index contributed by atoms with van der Waals surface area (Å²) in [5, 5.41) is 1.16. The zero-order valence-electron chi connectivity index (χ0n) is 17.1. The van der Waals surface area contributed by atoms with Crippen LogP contribution in [0.5, 0.6) is 0 Å². The molecule has 152 valence electrons. The number of ketones is 1. The number of fused-ring (bicyclic) bond motifs is 1. The average Bonchev–Trinajstić information content (AvgIpc) is 2.71. The fraction of sp³-hybridized carbons (Fsp3) is 0.348. The van der Waals surface area contributed by atoms with Crippen LogP contribution in [0, 0.1) is 13.8 Å². The van der Waals surface area contributed by atoms with Crippen LogP contribution in [0.4, 0.5) is 0 Å². The summed E-state index contributed by atoms with van der Waals surface area (Å²) in [4.78, 5) is 30.4. The number of para-hydroxylation sites is 1. The van der Waals surface area contributed by atoms with Gasteiger partial charge in [0.15, 0.2) is 10.9 Å². The van der Waals surface area contributed by atoms with Gasteiger partial charge in [0.25, 0.3) is 5.56 Å².